The van der Waals surface area contributed by atoms with Crippen LogP contribution in [0, 0.1) is 18.2 Å². The van der Waals surface area contributed by atoms with Crippen LogP contribution in [0.5, 0.6) is 11.5 Å². The fourth-order valence-electron chi connectivity index (χ4n) is 4.24. The first-order valence-electron chi connectivity index (χ1n) is 13.1. The minimum atomic E-state index is -1.16. The van der Waals surface area contributed by atoms with Gasteiger partial charge in [-0.25, -0.2) is 9.38 Å². The van der Waals surface area contributed by atoms with Gasteiger partial charge in [0.15, 0.2) is 5.75 Å². The second-order valence-electron chi connectivity index (χ2n) is 9.86. The Labute approximate surface area is 241 Å². The van der Waals surface area contributed by atoms with Gasteiger partial charge in [0.1, 0.15) is 34.1 Å². The van der Waals surface area contributed by atoms with Crippen LogP contribution >= 0.6 is 0 Å². The van der Waals surface area contributed by atoms with E-state index in [-0.39, 0.29) is 0 Å². The van der Waals surface area contributed by atoms with Crippen LogP contribution in [0.3, 0.4) is 0 Å². The number of aryl methyl sites for hydroxylation is 2. The van der Waals surface area contributed by atoms with Gasteiger partial charge in [0.25, 0.3) is 0 Å². The molecule has 10 nitrogen and oxygen atoms in total. The van der Waals surface area contributed by atoms with E-state index in [1.54, 1.807) is 60.7 Å². The molecule has 2 amide bonds. The number of carbonyl (C=O) groups excluding carboxylic acids is 2. The molecule has 1 saturated carbocycles. The van der Waals surface area contributed by atoms with Crippen molar-refractivity contribution in [1.82, 2.24) is 14.8 Å². The normalized spacial score (nSPS) is 13.7. The molecule has 1 fully saturated rings. The van der Waals surface area contributed by atoms with Crippen molar-refractivity contribution in [3.05, 3.63) is 103 Å². The van der Waals surface area contributed by atoms with E-state index in [1.807, 2.05) is 6.92 Å². The number of nitrogens with one attached hydrogen (secondary N) is 2. The lowest BCUT2D eigenvalue weighted by Crippen LogP contribution is -2.35. The quantitative estimate of drug-likeness (QED) is 0.144. The highest BCUT2D eigenvalue weighted by Crippen LogP contribution is 2.47. The summed E-state index contributed by atoms with van der Waals surface area (Å²) in [4.78, 5) is 35.0. The van der Waals surface area contributed by atoms with Crippen LogP contribution in [-0.4, -0.2) is 39.4 Å². The number of hydrogen-bond acceptors (Lipinski definition) is 7. The SMILES string of the molecule is C=C(OC)C(=Nc1c(Oc2ccc(NC(=O)C3(C(=O)Nc4ccc(F)cc4)CC3)cc2)ccnc1C)c1cnn(C)c1. The molecule has 2 aromatic heterocycles. The van der Waals surface area contributed by atoms with Crippen LogP contribution in [-0.2, 0) is 21.4 Å². The highest BCUT2D eigenvalue weighted by molar-refractivity contribution is 6.17. The Balaban J connectivity index is 1.30. The third kappa shape index (κ3) is 6.04. The van der Waals surface area contributed by atoms with Gasteiger partial charge in [0.05, 0.1) is 19.0 Å². The van der Waals surface area contributed by atoms with Crippen molar-refractivity contribution >= 4 is 34.6 Å². The maximum absolute atomic E-state index is 13.2. The van der Waals surface area contributed by atoms with Crippen LogP contribution in [0.2, 0.25) is 0 Å². The summed E-state index contributed by atoms with van der Waals surface area (Å²) in [5.74, 6) is 0.0802. The lowest BCUT2D eigenvalue weighted by atomic mass is 10.0. The van der Waals surface area contributed by atoms with Crippen molar-refractivity contribution in [3.63, 3.8) is 0 Å². The smallest absolute Gasteiger partial charge is 0.240 e. The van der Waals surface area contributed by atoms with Crippen LogP contribution in [0.25, 0.3) is 0 Å². The second-order valence-corrected chi connectivity index (χ2v) is 9.86. The number of aromatic nitrogens is 3. The molecule has 0 unspecified atom stereocenters. The van der Waals surface area contributed by atoms with E-state index in [9.17, 15) is 14.0 Å². The van der Waals surface area contributed by atoms with E-state index >= 15 is 0 Å². The van der Waals surface area contributed by atoms with Gasteiger partial charge in [-0.3, -0.25) is 19.3 Å². The Morgan fingerprint density at radius 3 is 2.19 bits per heavy atom. The van der Waals surface area contributed by atoms with Crippen LogP contribution in [0.4, 0.5) is 21.5 Å². The van der Waals surface area contributed by atoms with Crippen molar-refractivity contribution in [3.8, 4) is 11.5 Å². The molecule has 214 valence electrons. The summed E-state index contributed by atoms with van der Waals surface area (Å²) < 4.78 is 26.4. The first-order valence-corrected chi connectivity index (χ1v) is 13.1. The molecule has 0 saturated heterocycles. The summed E-state index contributed by atoms with van der Waals surface area (Å²) in [5, 5.41) is 9.73. The molecule has 2 N–H and O–H groups in total. The molecule has 4 aromatic rings. The second kappa shape index (κ2) is 11.7. The number of halogens is 1. The van der Waals surface area contributed by atoms with Gasteiger partial charge in [-0.05, 0) is 68.3 Å². The number of methoxy groups -OCH3 is 1. The van der Waals surface area contributed by atoms with E-state index in [1.165, 1.54) is 31.4 Å². The maximum atomic E-state index is 13.2. The van der Waals surface area contributed by atoms with Crippen LogP contribution in [0.1, 0.15) is 24.1 Å². The van der Waals surface area contributed by atoms with Crippen LogP contribution in [0.15, 0.2) is 90.5 Å². The Bertz CT molecular complexity index is 1670. The average Bonchev–Trinajstić information content (AvgIpc) is 3.70. The Morgan fingerprint density at radius 2 is 1.64 bits per heavy atom. The maximum Gasteiger partial charge on any atom is 0.240 e. The molecular formula is C31H29FN6O4. The summed E-state index contributed by atoms with van der Waals surface area (Å²) >= 11 is 0. The average molecular weight is 569 g/mol. The number of hydrogen-bond donors (Lipinski definition) is 2. The molecule has 5 rings (SSSR count). The molecule has 2 aromatic carbocycles. The topological polar surface area (TPSA) is 120 Å². The lowest BCUT2D eigenvalue weighted by Gasteiger charge is -2.16. The number of aliphatic imine (C=N–C) groups is 1. The Hall–Kier alpha value is -5.32. The number of anilines is 2. The largest absolute Gasteiger partial charge is 0.495 e. The number of carbonyl (C=O) groups is 2. The molecule has 0 bridgehead atoms. The molecule has 11 heteroatoms. The lowest BCUT2D eigenvalue weighted by molar-refractivity contribution is -0.131. The molecule has 2 heterocycles. The van der Waals surface area contributed by atoms with Gasteiger partial charge in [-0.15, -0.1) is 0 Å². The zero-order valence-electron chi connectivity index (χ0n) is 23.3. The van der Waals surface area contributed by atoms with Crippen molar-refractivity contribution < 1.29 is 23.5 Å². The third-order valence-electron chi connectivity index (χ3n) is 6.84. The van der Waals surface area contributed by atoms with Crippen molar-refractivity contribution in [2.24, 2.45) is 17.5 Å². The van der Waals surface area contributed by atoms with E-state index < -0.39 is 23.0 Å². The molecule has 0 spiro atoms. The summed E-state index contributed by atoms with van der Waals surface area (Å²) in [7, 11) is 3.32. The number of ether oxygens (including phenoxy) is 2. The number of pyridine rings is 1. The fraction of sp³-hybridized carbons (Fsp3) is 0.194. The zero-order chi connectivity index (χ0) is 29.9. The minimum Gasteiger partial charge on any atom is -0.495 e. The number of amides is 2. The summed E-state index contributed by atoms with van der Waals surface area (Å²) in [6.45, 7) is 5.78. The first kappa shape index (κ1) is 28.2. The van der Waals surface area contributed by atoms with Crippen molar-refractivity contribution in [2.75, 3.05) is 17.7 Å². The Morgan fingerprint density at radius 1 is 1.02 bits per heavy atom. The van der Waals surface area contributed by atoms with Crippen molar-refractivity contribution in [2.45, 2.75) is 19.8 Å². The predicted molar refractivity (Wildman–Crippen MR) is 156 cm³/mol. The number of benzene rings is 2. The molecule has 0 aliphatic heterocycles. The van der Waals surface area contributed by atoms with E-state index in [0.29, 0.717) is 58.6 Å². The summed E-state index contributed by atoms with van der Waals surface area (Å²) in [6.07, 6.45) is 5.95. The monoisotopic (exact) mass is 568 g/mol. The van der Waals surface area contributed by atoms with Gasteiger partial charge in [0.2, 0.25) is 11.8 Å². The van der Waals surface area contributed by atoms with Gasteiger partial charge in [-0.2, -0.15) is 5.10 Å². The van der Waals surface area contributed by atoms with E-state index in [4.69, 9.17) is 14.5 Å². The predicted octanol–water partition coefficient (Wildman–Crippen LogP) is 5.69. The van der Waals surface area contributed by atoms with Gasteiger partial charge in [-0.1, -0.05) is 6.58 Å². The molecular weight excluding hydrogens is 539 g/mol. The van der Waals surface area contributed by atoms with Gasteiger partial charge in [0, 0.05) is 42.4 Å². The van der Waals surface area contributed by atoms with Crippen molar-refractivity contribution in [1.29, 1.82) is 0 Å². The molecule has 0 atom stereocenters. The highest BCUT2D eigenvalue weighted by atomic mass is 19.1. The molecule has 1 aliphatic rings. The van der Waals surface area contributed by atoms with E-state index in [2.05, 4.69) is 27.3 Å². The molecule has 1 aliphatic carbocycles. The minimum absolute atomic E-state index is 0.358. The first-order chi connectivity index (χ1) is 20.2. The summed E-state index contributed by atoms with van der Waals surface area (Å²) in [5.41, 5.74) is 2.11. The zero-order valence-corrected chi connectivity index (χ0v) is 23.3. The number of nitrogens with zero attached hydrogens (tertiary/aromatic N) is 4. The van der Waals surface area contributed by atoms with Crippen LogP contribution < -0.4 is 15.4 Å². The highest BCUT2D eigenvalue weighted by Gasteiger charge is 2.56. The molecule has 0 radical (unpaired) electrons. The van der Waals surface area contributed by atoms with E-state index in [0.717, 1.165) is 5.56 Å². The fourth-order valence-corrected chi connectivity index (χ4v) is 4.24. The summed E-state index contributed by atoms with van der Waals surface area (Å²) in [6, 6.07) is 13.9. The van der Waals surface area contributed by atoms with Gasteiger partial charge < -0.3 is 20.1 Å². The molecule has 42 heavy (non-hydrogen) atoms. The van der Waals surface area contributed by atoms with Gasteiger partial charge >= 0.3 is 0 Å². The third-order valence-corrected chi connectivity index (χ3v) is 6.84. The Kier molecular flexibility index (Phi) is 7.83. The number of rotatable bonds is 10. The number of allylic oxidation sites excluding steroid dienone is 1. The standard InChI is InChI=1S/C31H29FN6O4/c1-19-27(37-28(20(2)41-4)21-17-34-38(3)18-21)26(13-16-33-19)42-25-11-9-24(10-12-25)36-30(40)31(14-15-31)29(39)35-23-7-5-22(32)6-8-23/h5-13,16-18H,2,14-15H2,1,3-4H3,(H,35,39)(H,36,40).